The van der Waals surface area contributed by atoms with Crippen molar-refractivity contribution in [2.75, 3.05) is 18.0 Å². The lowest BCUT2D eigenvalue weighted by Crippen LogP contribution is -2.33. The van der Waals surface area contributed by atoms with Gasteiger partial charge in [0.05, 0.1) is 10.6 Å². The van der Waals surface area contributed by atoms with Crippen molar-refractivity contribution in [3.05, 3.63) is 24.3 Å². The van der Waals surface area contributed by atoms with Crippen LogP contribution < -0.4 is 4.90 Å². The smallest absolute Gasteiger partial charge is 0.170 e. The zero-order valence-corrected chi connectivity index (χ0v) is 10.3. The lowest BCUT2D eigenvalue weighted by molar-refractivity contribution is 0.437. The van der Waals surface area contributed by atoms with Gasteiger partial charge < -0.3 is 4.90 Å². The van der Waals surface area contributed by atoms with Crippen molar-refractivity contribution in [1.29, 1.82) is 0 Å². The molecule has 16 heavy (non-hydrogen) atoms. The van der Waals surface area contributed by atoms with Crippen LogP contribution in [0.2, 0.25) is 0 Å². The molecule has 0 aliphatic carbocycles. The highest BCUT2D eigenvalue weighted by atomic mass is 32.2. The second-order valence-corrected chi connectivity index (χ2v) is 5.41. The van der Waals surface area contributed by atoms with Crippen LogP contribution in [0.1, 0.15) is 19.8 Å². The lowest BCUT2D eigenvalue weighted by atomic mass is 9.99. The Morgan fingerprint density at radius 3 is 2.44 bits per heavy atom. The van der Waals surface area contributed by atoms with E-state index >= 15 is 0 Å². The van der Waals surface area contributed by atoms with Gasteiger partial charge in [0.2, 0.25) is 0 Å². The molecule has 3 nitrogen and oxygen atoms in total. The standard InChI is InChI=1S/C12H17NO2S/c1-10-6-8-13(9-7-10)11-4-2-3-5-12(11)16(14)15/h2-5,10,16H,6-9H2,1H3. The average Bonchev–Trinajstić information content (AvgIpc) is 2.30. The van der Waals surface area contributed by atoms with E-state index < -0.39 is 10.7 Å². The Kier molecular flexibility index (Phi) is 3.49. The summed E-state index contributed by atoms with van der Waals surface area (Å²) in [5, 5.41) is 0. The highest BCUT2D eigenvalue weighted by Gasteiger charge is 2.18. The minimum atomic E-state index is -2.49. The molecule has 0 atom stereocenters. The zero-order valence-electron chi connectivity index (χ0n) is 9.43. The van der Waals surface area contributed by atoms with E-state index in [0.717, 1.165) is 37.5 Å². The number of para-hydroxylation sites is 1. The summed E-state index contributed by atoms with van der Waals surface area (Å²) in [5.41, 5.74) is 0.866. The molecule has 0 aromatic heterocycles. The van der Waals surface area contributed by atoms with Crippen LogP contribution in [-0.4, -0.2) is 21.5 Å². The van der Waals surface area contributed by atoms with Crippen molar-refractivity contribution in [2.24, 2.45) is 5.92 Å². The van der Waals surface area contributed by atoms with Gasteiger partial charge in [-0.1, -0.05) is 19.1 Å². The monoisotopic (exact) mass is 239 g/mol. The third-order valence-electron chi connectivity index (χ3n) is 3.20. The molecular formula is C12H17NO2S. The summed E-state index contributed by atoms with van der Waals surface area (Å²) >= 11 is 0. The fourth-order valence-electron chi connectivity index (χ4n) is 2.14. The molecule has 4 heteroatoms. The van der Waals surface area contributed by atoms with Crippen molar-refractivity contribution in [1.82, 2.24) is 0 Å². The number of benzene rings is 1. The van der Waals surface area contributed by atoms with Crippen molar-refractivity contribution in [3.8, 4) is 0 Å². The Labute approximate surface area is 98.0 Å². The van der Waals surface area contributed by atoms with Crippen LogP contribution in [-0.2, 0) is 10.7 Å². The number of rotatable bonds is 2. The first-order chi connectivity index (χ1) is 7.68. The van der Waals surface area contributed by atoms with Crippen molar-refractivity contribution in [2.45, 2.75) is 24.7 Å². The first kappa shape index (κ1) is 11.5. The number of anilines is 1. The second kappa shape index (κ2) is 4.87. The van der Waals surface area contributed by atoms with E-state index in [1.54, 1.807) is 12.1 Å². The van der Waals surface area contributed by atoms with E-state index in [2.05, 4.69) is 11.8 Å². The zero-order chi connectivity index (χ0) is 11.5. The van der Waals surface area contributed by atoms with Crippen LogP contribution in [0, 0.1) is 5.92 Å². The van der Waals surface area contributed by atoms with Gasteiger partial charge in [-0.2, -0.15) is 0 Å². The Bertz CT molecular complexity index is 426. The lowest BCUT2D eigenvalue weighted by Gasteiger charge is -2.32. The van der Waals surface area contributed by atoms with Gasteiger partial charge in [-0.3, -0.25) is 0 Å². The second-order valence-electron chi connectivity index (χ2n) is 4.42. The summed E-state index contributed by atoms with van der Waals surface area (Å²) in [6, 6.07) is 7.25. The van der Waals surface area contributed by atoms with Gasteiger partial charge in [0, 0.05) is 13.1 Å². The Balaban J connectivity index is 2.26. The van der Waals surface area contributed by atoms with Gasteiger partial charge in [-0.05, 0) is 30.9 Å². The fourth-order valence-corrected chi connectivity index (χ4v) is 2.75. The number of piperidine rings is 1. The van der Waals surface area contributed by atoms with Gasteiger partial charge in [-0.15, -0.1) is 0 Å². The van der Waals surface area contributed by atoms with Crippen LogP contribution in [0.4, 0.5) is 5.69 Å². The number of nitrogens with zero attached hydrogens (tertiary/aromatic N) is 1. The van der Waals surface area contributed by atoms with Crippen molar-refractivity contribution < 1.29 is 8.42 Å². The summed E-state index contributed by atoms with van der Waals surface area (Å²) in [4.78, 5) is 2.63. The molecule has 0 N–H and O–H groups in total. The molecule has 0 saturated carbocycles. The first-order valence-corrected chi connectivity index (χ1v) is 6.84. The third kappa shape index (κ3) is 2.38. The molecule has 1 aromatic carbocycles. The third-order valence-corrected chi connectivity index (χ3v) is 3.97. The molecule has 1 aromatic rings. The molecule has 88 valence electrons. The van der Waals surface area contributed by atoms with Crippen molar-refractivity contribution in [3.63, 3.8) is 0 Å². The largest absolute Gasteiger partial charge is 0.370 e. The van der Waals surface area contributed by atoms with Gasteiger partial charge in [0.1, 0.15) is 0 Å². The quantitative estimate of drug-likeness (QED) is 0.801. The van der Waals surface area contributed by atoms with Crippen LogP contribution in [0.15, 0.2) is 29.2 Å². The number of hydrogen-bond acceptors (Lipinski definition) is 3. The molecule has 1 saturated heterocycles. The molecule has 0 amide bonds. The van der Waals surface area contributed by atoms with Crippen LogP contribution in [0.5, 0.6) is 0 Å². The van der Waals surface area contributed by atoms with E-state index in [-0.39, 0.29) is 0 Å². The van der Waals surface area contributed by atoms with Gasteiger partial charge in [-0.25, -0.2) is 8.42 Å². The average molecular weight is 239 g/mol. The van der Waals surface area contributed by atoms with Crippen LogP contribution >= 0.6 is 0 Å². The van der Waals surface area contributed by atoms with E-state index in [4.69, 9.17) is 0 Å². The normalized spacial score (nSPS) is 18.0. The SMILES string of the molecule is CC1CCN(c2ccccc2[SH](=O)=O)CC1. The molecular weight excluding hydrogens is 222 g/mol. The molecule has 1 fully saturated rings. The highest BCUT2D eigenvalue weighted by molar-refractivity contribution is 7.72. The van der Waals surface area contributed by atoms with E-state index in [1.165, 1.54) is 0 Å². The first-order valence-electron chi connectivity index (χ1n) is 5.67. The number of thiol groups is 1. The van der Waals surface area contributed by atoms with E-state index in [0.29, 0.717) is 4.90 Å². The van der Waals surface area contributed by atoms with Gasteiger partial charge in [0.25, 0.3) is 0 Å². The fraction of sp³-hybridized carbons (Fsp3) is 0.500. The van der Waals surface area contributed by atoms with E-state index in [9.17, 15) is 8.42 Å². The maximum atomic E-state index is 11.1. The molecule has 0 unspecified atom stereocenters. The van der Waals surface area contributed by atoms with Gasteiger partial charge >= 0.3 is 0 Å². The maximum absolute atomic E-state index is 11.1. The molecule has 1 aliphatic heterocycles. The Hall–Kier alpha value is -1.03. The number of hydrogen-bond donors (Lipinski definition) is 1. The molecule has 1 heterocycles. The minimum absolute atomic E-state index is 0.451. The van der Waals surface area contributed by atoms with E-state index in [1.807, 2.05) is 12.1 Å². The Morgan fingerprint density at radius 2 is 1.81 bits per heavy atom. The molecule has 0 radical (unpaired) electrons. The highest BCUT2D eigenvalue weighted by Crippen LogP contribution is 2.26. The van der Waals surface area contributed by atoms with Crippen molar-refractivity contribution >= 4 is 16.4 Å². The summed E-state index contributed by atoms with van der Waals surface area (Å²) < 4.78 is 22.3. The summed E-state index contributed by atoms with van der Waals surface area (Å²) in [5.74, 6) is 0.754. The maximum Gasteiger partial charge on any atom is 0.170 e. The summed E-state index contributed by atoms with van der Waals surface area (Å²) in [7, 11) is -2.49. The molecule has 0 spiro atoms. The summed E-state index contributed by atoms with van der Waals surface area (Å²) in [6.45, 7) is 4.17. The summed E-state index contributed by atoms with van der Waals surface area (Å²) in [6.07, 6.45) is 2.29. The van der Waals surface area contributed by atoms with Gasteiger partial charge in [0.15, 0.2) is 10.7 Å². The molecule has 0 bridgehead atoms. The van der Waals surface area contributed by atoms with Crippen LogP contribution in [0.25, 0.3) is 0 Å². The topological polar surface area (TPSA) is 37.4 Å². The minimum Gasteiger partial charge on any atom is -0.370 e. The predicted molar refractivity (Wildman–Crippen MR) is 65.6 cm³/mol. The molecule has 2 rings (SSSR count). The predicted octanol–water partition coefficient (Wildman–Crippen LogP) is 1.89. The Morgan fingerprint density at radius 1 is 1.19 bits per heavy atom. The molecule has 1 aliphatic rings. The van der Waals surface area contributed by atoms with Crippen LogP contribution in [0.3, 0.4) is 0 Å².